The summed E-state index contributed by atoms with van der Waals surface area (Å²) in [7, 11) is 2.83. The van der Waals surface area contributed by atoms with Crippen molar-refractivity contribution in [3.8, 4) is 5.75 Å². The number of amides is 2. The van der Waals surface area contributed by atoms with Crippen molar-refractivity contribution in [2.45, 2.75) is 0 Å². The zero-order valence-corrected chi connectivity index (χ0v) is 10.7. The first-order valence-corrected chi connectivity index (χ1v) is 5.39. The number of ether oxygens (including phenoxy) is 1. The first-order chi connectivity index (χ1) is 8.43. The molecule has 0 aromatic heterocycles. The third kappa shape index (κ3) is 3.81. The van der Waals surface area contributed by atoms with Gasteiger partial charge in [-0.05, 0) is 18.2 Å². The van der Waals surface area contributed by atoms with Crippen molar-refractivity contribution in [3.05, 3.63) is 23.2 Å². The molecular formula is C11H13ClN2O4. The average molecular weight is 273 g/mol. The number of aliphatic carboxylic acids is 1. The standard InChI is InChI=1S/C11H13ClN2O4/c1-14(6-10(15)16)11(17)13-8-5-7(12)3-4-9(8)18-2/h3-5H,6H2,1-2H3,(H,13,17)(H,15,16). The molecule has 0 saturated carbocycles. The largest absolute Gasteiger partial charge is 0.495 e. The lowest BCUT2D eigenvalue weighted by molar-refractivity contribution is -0.137. The molecule has 0 aliphatic carbocycles. The van der Waals surface area contributed by atoms with Crippen LogP contribution in [0.4, 0.5) is 10.5 Å². The average Bonchev–Trinajstić information content (AvgIpc) is 2.28. The van der Waals surface area contributed by atoms with Gasteiger partial charge >= 0.3 is 12.0 Å². The number of rotatable bonds is 4. The van der Waals surface area contributed by atoms with E-state index in [2.05, 4.69) is 5.32 Å². The molecule has 98 valence electrons. The van der Waals surface area contributed by atoms with Crippen LogP contribution < -0.4 is 10.1 Å². The predicted octanol–water partition coefficient (Wildman–Crippen LogP) is 1.90. The number of benzene rings is 1. The van der Waals surface area contributed by atoms with Gasteiger partial charge in [0.1, 0.15) is 12.3 Å². The number of halogens is 1. The number of hydrogen-bond acceptors (Lipinski definition) is 3. The molecule has 0 bridgehead atoms. The van der Waals surface area contributed by atoms with Crippen molar-refractivity contribution in [2.75, 3.05) is 26.0 Å². The molecule has 6 nitrogen and oxygen atoms in total. The molecule has 2 amide bonds. The van der Waals surface area contributed by atoms with E-state index in [9.17, 15) is 9.59 Å². The Labute approximate surface area is 109 Å². The highest BCUT2D eigenvalue weighted by Crippen LogP contribution is 2.27. The van der Waals surface area contributed by atoms with Crippen LogP contribution in [-0.4, -0.2) is 42.7 Å². The number of methoxy groups -OCH3 is 1. The Morgan fingerprint density at radius 3 is 2.72 bits per heavy atom. The molecule has 0 saturated heterocycles. The van der Waals surface area contributed by atoms with Crippen LogP contribution in [0.2, 0.25) is 5.02 Å². The van der Waals surface area contributed by atoms with Crippen molar-refractivity contribution in [2.24, 2.45) is 0 Å². The maximum absolute atomic E-state index is 11.7. The van der Waals surface area contributed by atoms with Crippen LogP contribution in [0.3, 0.4) is 0 Å². The van der Waals surface area contributed by atoms with Crippen LogP contribution in [0.15, 0.2) is 18.2 Å². The van der Waals surface area contributed by atoms with Gasteiger partial charge < -0.3 is 20.1 Å². The van der Waals surface area contributed by atoms with Gasteiger partial charge in [-0.3, -0.25) is 4.79 Å². The van der Waals surface area contributed by atoms with Crippen molar-refractivity contribution in [1.82, 2.24) is 4.90 Å². The summed E-state index contributed by atoms with van der Waals surface area (Å²) in [4.78, 5) is 23.2. The zero-order valence-electron chi connectivity index (χ0n) is 9.94. The Morgan fingerprint density at radius 2 is 2.17 bits per heavy atom. The minimum Gasteiger partial charge on any atom is -0.495 e. The summed E-state index contributed by atoms with van der Waals surface area (Å²) in [5.41, 5.74) is 0.382. The number of carbonyl (C=O) groups is 2. The smallest absolute Gasteiger partial charge is 0.323 e. The van der Waals surface area contributed by atoms with Gasteiger partial charge in [-0.25, -0.2) is 4.79 Å². The van der Waals surface area contributed by atoms with Gasteiger partial charge in [0.2, 0.25) is 0 Å². The van der Waals surface area contributed by atoms with Gasteiger partial charge in [0.25, 0.3) is 0 Å². The van der Waals surface area contributed by atoms with Crippen LogP contribution in [0.1, 0.15) is 0 Å². The first kappa shape index (κ1) is 14.1. The molecule has 1 rings (SSSR count). The van der Waals surface area contributed by atoms with Crippen molar-refractivity contribution >= 4 is 29.3 Å². The topological polar surface area (TPSA) is 78.9 Å². The molecule has 0 atom stereocenters. The van der Waals surface area contributed by atoms with Crippen molar-refractivity contribution in [1.29, 1.82) is 0 Å². The van der Waals surface area contributed by atoms with E-state index in [1.165, 1.54) is 20.2 Å². The third-order valence-electron chi connectivity index (χ3n) is 2.12. The number of carbonyl (C=O) groups excluding carboxylic acids is 1. The van der Waals surface area contributed by atoms with Gasteiger partial charge in [-0.15, -0.1) is 0 Å². The van der Waals surface area contributed by atoms with Gasteiger partial charge in [-0.2, -0.15) is 0 Å². The molecule has 1 aromatic carbocycles. The van der Waals surface area contributed by atoms with Crippen LogP contribution >= 0.6 is 11.6 Å². The Morgan fingerprint density at radius 1 is 1.50 bits per heavy atom. The van der Waals surface area contributed by atoms with E-state index in [0.29, 0.717) is 16.5 Å². The second kappa shape index (κ2) is 6.11. The summed E-state index contributed by atoms with van der Waals surface area (Å²) in [6.07, 6.45) is 0. The van der Waals surface area contributed by atoms with Crippen LogP contribution in [0.5, 0.6) is 5.75 Å². The van der Waals surface area contributed by atoms with Crippen LogP contribution in [0.25, 0.3) is 0 Å². The van der Waals surface area contributed by atoms with Gasteiger partial charge in [-0.1, -0.05) is 11.6 Å². The third-order valence-corrected chi connectivity index (χ3v) is 2.36. The van der Waals surface area contributed by atoms with E-state index in [1.54, 1.807) is 12.1 Å². The quantitative estimate of drug-likeness (QED) is 0.877. The van der Waals surface area contributed by atoms with E-state index in [4.69, 9.17) is 21.4 Å². The van der Waals surface area contributed by atoms with Gasteiger partial charge in [0.05, 0.1) is 12.8 Å². The number of nitrogens with zero attached hydrogens (tertiary/aromatic N) is 1. The molecule has 0 spiro atoms. The highest BCUT2D eigenvalue weighted by Gasteiger charge is 2.14. The minimum atomic E-state index is -1.09. The molecule has 0 fully saturated rings. The highest BCUT2D eigenvalue weighted by molar-refractivity contribution is 6.31. The van der Waals surface area contributed by atoms with E-state index in [0.717, 1.165) is 4.90 Å². The maximum Gasteiger partial charge on any atom is 0.323 e. The van der Waals surface area contributed by atoms with Gasteiger partial charge in [0, 0.05) is 12.1 Å². The Balaban J connectivity index is 2.80. The van der Waals surface area contributed by atoms with Crippen LogP contribution in [0, 0.1) is 0 Å². The lowest BCUT2D eigenvalue weighted by atomic mass is 10.3. The van der Waals surface area contributed by atoms with E-state index in [-0.39, 0.29) is 0 Å². The van der Waals surface area contributed by atoms with Crippen molar-refractivity contribution in [3.63, 3.8) is 0 Å². The molecule has 0 heterocycles. The second-order valence-electron chi connectivity index (χ2n) is 3.52. The SMILES string of the molecule is COc1ccc(Cl)cc1NC(=O)N(C)CC(=O)O. The van der Waals surface area contributed by atoms with E-state index in [1.807, 2.05) is 0 Å². The summed E-state index contributed by atoms with van der Waals surface area (Å²) < 4.78 is 5.05. The molecule has 7 heteroatoms. The molecule has 0 radical (unpaired) electrons. The Hall–Kier alpha value is -1.95. The van der Waals surface area contributed by atoms with Gasteiger partial charge in [0.15, 0.2) is 0 Å². The van der Waals surface area contributed by atoms with Crippen LogP contribution in [-0.2, 0) is 4.79 Å². The second-order valence-corrected chi connectivity index (χ2v) is 3.96. The number of likely N-dealkylation sites (N-methyl/N-ethyl adjacent to an activating group) is 1. The molecular weight excluding hydrogens is 260 g/mol. The summed E-state index contributed by atoms with van der Waals surface area (Å²) >= 11 is 5.81. The molecule has 18 heavy (non-hydrogen) atoms. The summed E-state index contributed by atoms with van der Waals surface area (Å²) in [6, 6.07) is 4.19. The lowest BCUT2D eigenvalue weighted by Gasteiger charge is -2.17. The Bertz CT molecular complexity index is 464. The number of nitrogens with one attached hydrogen (secondary N) is 1. The maximum atomic E-state index is 11.7. The van der Waals surface area contributed by atoms with E-state index >= 15 is 0 Å². The number of anilines is 1. The normalized spacial score (nSPS) is 9.72. The first-order valence-electron chi connectivity index (χ1n) is 5.01. The fourth-order valence-corrected chi connectivity index (χ4v) is 1.44. The summed E-state index contributed by atoms with van der Waals surface area (Å²) in [5.74, 6) is -0.651. The molecule has 0 aliphatic heterocycles. The zero-order chi connectivity index (χ0) is 13.7. The summed E-state index contributed by atoms with van der Waals surface area (Å²) in [5, 5.41) is 11.5. The fraction of sp³-hybridized carbons (Fsp3) is 0.273. The predicted molar refractivity (Wildman–Crippen MR) is 67.3 cm³/mol. The van der Waals surface area contributed by atoms with Crippen molar-refractivity contribution < 1.29 is 19.4 Å². The molecule has 2 N–H and O–H groups in total. The number of carboxylic acids is 1. The lowest BCUT2D eigenvalue weighted by Crippen LogP contribution is -2.35. The monoisotopic (exact) mass is 272 g/mol. The summed E-state index contributed by atoms with van der Waals surface area (Å²) in [6.45, 7) is -0.394. The number of urea groups is 1. The fourth-order valence-electron chi connectivity index (χ4n) is 1.26. The molecule has 1 aromatic rings. The molecule has 0 aliphatic rings. The van der Waals surface area contributed by atoms with E-state index < -0.39 is 18.5 Å². The number of carboxylic acid groups (broad SMARTS) is 1. The molecule has 0 unspecified atom stereocenters. The number of hydrogen-bond donors (Lipinski definition) is 2. The minimum absolute atomic E-state index is 0.382. The highest BCUT2D eigenvalue weighted by atomic mass is 35.5. The Kier molecular flexibility index (Phi) is 4.79.